The number of methoxy groups -OCH3 is 1. The van der Waals surface area contributed by atoms with Crippen molar-refractivity contribution < 1.29 is 14.3 Å². The number of nitrogens with one attached hydrogen (secondary N) is 1. The van der Waals surface area contributed by atoms with Crippen LogP contribution in [0, 0.1) is 0 Å². The summed E-state index contributed by atoms with van der Waals surface area (Å²) >= 11 is 0. The highest BCUT2D eigenvalue weighted by Gasteiger charge is 2.46. The van der Waals surface area contributed by atoms with Gasteiger partial charge in [-0.25, -0.2) is 0 Å². The molecular weight excluding hydrogens is 366 g/mol. The molecule has 4 rings (SSSR count). The van der Waals surface area contributed by atoms with Gasteiger partial charge in [0, 0.05) is 25.6 Å². The topological polar surface area (TPSA) is 63.7 Å². The number of carbonyl (C=O) groups is 1. The molecule has 0 saturated carbocycles. The maximum atomic E-state index is 13.0. The molecule has 1 unspecified atom stereocenters. The summed E-state index contributed by atoms with van der Waals surface area (Å²) in [5.74, 6) is 0.755. The van der Waals surface area contributed by atoms with Gasteiger partial charge >= 0.3 is 0 Å². The average molecular weight is 391 g/mol. The highest BCUT2D eigenvalue weighted by atomic mass is 16.7. The van der Waals surface area contributed by atoms with Crippen molar-refractivity contribution in [2.75, 3.05) is 25.8 Å². The fourth-order valence-electron chi connectivity index (χ4n) is 3.60. The molecule has 1 aliphatic heterocycles. The van der Waals surface area contributed by atoms with E-state index in [9.17, 15) is 4.79 Å². The van der Waals surface area contributed by atoms with Crippen LogP contribution < -0.4 is 10.1 Å². The maximum Gasteiger partial charge on any atom is 0.244 e. The summed E-state index contributed by atoms with van der Waals surface area (Å²) in [5, 5.41) is 4.06. The predicted octanol–water partition coefficient (Wildman–Crippen LogP) is 3.82. The first-order valence-corrected chi connectivity index (χ1v) is 9.70. The van der Waals surface area contributed by atoms with Gasteiger partial charge in [0.15, 0.2) is 6.79 Å². The molecule has 1 aliphatic rings. The van der Waals surface area contributed by atoms with Crippen molar-refractivity contribution in [3.63, 3.8) is 0 Å². The number of hydrogen-bond donors (Lipinski definition) is 1. The highest BCUT2D eigenvalue weighted by molar-refractivity contribution is 5.99. The molecule has 2 heterocycles. The molecule has 6 nitrogen and oxygen atoms in total. The van der Waals surface area contributed by atoms with Crippen molar-refractivity contribution in [3.05, 3.63) is 66.4 Å². The number of ether oxygens (including phenoxy) is 2. The Morgan fingerprint density at radius 2 is 2.07 bits per heavy atom. The van der Waals surface area contributed by atoms with Crippen molar-refractivity contribution in [2.24, 2.45) is 0 Å². The Bertz CT molecular complexity index is 1020. The first kappa shape index (κ1) is 19.4. The van der Waals surface area contributed by atoms with Gasteiger partial charge in [-0.3, -0.25) is 14.7 Å². The number of rotatable bonds is 7. The molecule has 3 aromatic rings. The number of nitrogens with zero attached hydrogens (tertiary/aromatic N) is 2. The second-order valence-corrected chi connectivity index (χ2v) is 7.51. The van der Waals surface area contributed by atoms with E-state index in [-0.39, 0.29) is 12.7 Å². The number of fused-ring (bicyclic) bond motifs is 1. The molecule has 150 valence electrons. The van der Waals surface area contributed by atoms with Crippen LogP contribution in [-0.2, 0) is 16.1 Å². The lowest BCUT2D eigenvalue weighted by molar-refractivity contribution is -0.136. The highest BCUT2D eigenvalue weighted by Crippen LogP contribution is 2.33. The second kappa shape index (κ2) is 8.19. The van der Waals surface area contributed by atoms with Crippen molar-refractivity contribution in [3.8, 4) is 5.75 Å². The van der Waals surface area contributed by atoms with Crippen molar-refractivity contribution in [1.29, 1.82) is 0 Å². The Labute approximate surface area is 170 Å². The fraction of sp³-hybridized carbons (Fsp3) is 0.304. The van der Waals surface area contributed by atoms with Gasteiger partial charge in [0.05, 0.1) is 22.9 Å². The van der Waals surface area contributed by atoms with Crippen LogP contribution in [0.2, 0.25) is 0 Å². The van der Waals surface area contributed by atoms with Gasteiger partial charge in [0.25, 0.3) is 0 Å². The van der Waals surface area contributed by atoms with Crippen molar-refractivity contribution >= 4 is 22.5 Å². The summed E-state index contributed by atoms with van der Waals surface area (Å²) in [6.45, 7) is 3.77. The number of hydrogen-bond acceptors (Lipinski definition) is 5. The van der Waals surface area contributed by atoms with Crippen LogP contribution in [0.3, 0.4) is 0 Å². The Hall–Kier alpha value is -2.96. The molecule has 1 aromatic heterocycles. The van der Waals surface area contributed by atoms with Crippen molar-refractivity contribution in [1.82, 2.24) is 9.88 Å². The molecular formula is C23H25N3O3. The van der Waals surface area contributed by atoms with Gasteiger partial charge in [-0.2, -0.15) is 0 Å². The molecule has 0 radical (unpaired) electrons. The van der Waals surface area contributed by atoms with E-state index in [2.05, 4.69) is 15.2 Å². The average Bonchev–Trinajstić information content (AvgIpc) is 2.75. The Morgan fingerprint density at radius 3 is 2.86 bits per heavy atom. The quantitative estimate of drug-likeness (QED) is 0.621. The third-order valence-electron chi connectivity index (χ3n) is 5.52. The second-order valence-electron chi connectivity index (χ2n) is 7.51. The Balaban J connectivity index is 1.44. The summed E-state index contributed by atoms with van der Waals surface area (Å²) in [6, 6.07) is 17.7. The minimum Gasteiger partial charge on any atom is -0.468 e. The first-order chi connectivity index (χ1) is 14.1. The number of likely N-dealkylation sites (tertiary alicyclic amines) is 1. The van der Waals surface area contributed by atoms with Crippen LogP contribution in [0.5, 0.6) is 5.75 Å². The summed E-state index contributed by atoms with van der Waals surface area (Å²) in [4.78, 5) is 19.7. The third-order valence-corrected chi connectivity index (χ3v) is 5.52. The molecule has 6 heteroatoms. The van der Waals surface area contributed by atoms with Crippen LogP contribution in [0.25, 0.3) is 10.9 Å². The molecule has 1 atom stereocenters. The standard InChI is InChI=1S/C23H25N3O3/c1-23(22(27)25-19-13-18-7-3-4-9-21(18)24-14-19)10-11-26(23)15-17-6-5-8-20(12-17)29-16-28-2/h3-9,12-14H,10-11,15-16H2,1-2H3,(H,25,27). The minimum absolute atomic E-state index is 0.00683. The zero-order chi connectivity index (χ0) is 20.3. The van der Waals surface area contributed by atoms with E-state index >= 15 is 0 Å². The molecule has 0 spiro atoms. The van der Waals surface area contributed by atoms with Gasteiger partial charge < -0.3 is 14.8 Å². The van der Waals surface area contributed by atoms with Gasteiger partial charge in [0.2, 0.25) is 5.91 Å². The van der Waals surface area contributed by atoms with Crippen LogP contribution in [-0.4, -0.2) is 41.8 Å². The number of carbonyl (C=O) groups excluding carboxylic acids is 1. The molecule has 0 aliphatic carbocycles. The predicted molar refractivity (Wildman–Crippen MR) is 113 cm³/mol. The molecule has 1 N–H and O–H groups in total. The lowest BCUT2D eigenvalue weighted by Crippen LogP contribution is -2.63. The summed E-state index contributed by atoms with van der Waals surface area (Å²) in [5.41, 5.74) is 2.19. The molecule has 0 bridgehead atoms. The van der Waals surface area contributed by atoms with Crippen LogP contribution >= 0.6 is 0 Å². The van der Waals surface area contributed by atoms with Crippen LogP contribution in [0.1, 0.15) is 18.9 Å². The molecule has 1 saturated heterocycles. The lowest BCUT2D eigenvalue weighted by Gasteiger charge is -2.49. The minimum atomic E-state index is -0.547. The van der Waals surface area contributed by atoms with Gasteiger partial charge in [-0.1, -0.05) is 30.3 Å². The van der Waals surface area contributed by atoms with E-state index < -0.39 is 5.54 Å². The smallest absolute Gasteiger partial charge is 0.244 e. The summed E-state index contributed by atoms with van der Waals surface area (Å²) in [7, 11) is 1.60. The molecule has 29 heavy (non-hydrogen) atoms. The van der Waals surface area contributed by atoms with E-state index in [1.807, 2.05) is 61.5 Å². The molecule has 2 aromatic carbocycles. The number of amides is 1. The van der Waals surface area contributed by atoms with E-state index in [1.54, 1.807) is 13.3 Å². The van der Waals surface area contributed by atoms with Crippen LogP contribution in [0.4, 0.5) is 5.69 Å². The van der Waals surface area contributed by atoms with E-state index in [0.29, 0.717) is 6.54 Å². The first-order valence-electron chi connectivity index (χ1n) is 9.70. The summed E-state index contributed by atoms with van der Waals surface area (Å²) in [6.07, 6.45) is 2.53. The lowest BCUT2D eigenvalue weighted by atomic mass is 9.85. The normalized spacial score (nSPS) is 19.0. The SMILES string of the molecule is COCOc1cccc(CN2CCC2(C)C(=O)Nc2cnc3ccccc3c2)c1. The maximum absolute atomic E-state index is 13.0. The largest absolute Gasteiger partial charge is 0.468 e. The fourth-order valence-corrected chi connectivity index (χ4v) is 3.60. The number of pyridine rings is 1. The van der Waals surface area contributed by atoms with E-state index in [1.165, 1.54) is 0 Å². The van der Waals surface area contributed by atoms with E-state index in [0.717, 1.165) is 40.9 Å². The number of para-hydroxylation sites is 1. The Morgan fingerprint density at radius 1 is 1.21 bits per heavy atom. The molecule has 1 amide bonds. The number of aromatic nitrogens is 1. The number of benzene rings is 2. The van der Waals surface area contributed by atoms with Gasteiger partial charge in [-0.05, 0) is 43.2 Å². The Kier molecular flexibility index (Phi) is 5.47. The van der Waals surface area contributed by atoms with Gasteiger partial charge in [-0.15, -0.1) is 0 Å². The van der Waals surface area contributed by atoms with E-state index in [4.69, 9.17) is 9.47 Å². The monoisotopic (exact) mass is 391 g/mol. The van der Waals surface area contributed by atoms with Crippen molar-refractivity contribution in [2.45, 2.75) is 25.4 Å². The zero-order valence-electron chi connectivity index (χ0n) is 16.7. The van der Waals surface area contributed by atoms with Crippen LogP contribution in [0.15, 0.2) is 60.8 Å². The zero-order valence-corrected chi connectivity index (χ0v) is 16.7. The molecule has 1 fully saturated rings. The van der Waals surface area contributed by atoms with Gasteiger partial charge in [0.1, 0.15) is 5.75 Å². The number of anilines is 1. The third kappa shape index (κ3) is 4.09. The summed E-state index contributed by atoms with van der Waals surface area (Å²) < 4.78 is 10.5.